The van der Waals surface area contributed by atoms with E-state index in [2.05, 4.69) is 19.9 Å². The molecule has 0 amide bonds. The highest BCUT2D eigenvalue weighted by Crippen LogP contribution is 2.28. The lowest BCUT2D eigenvalue weighted by Crippen LogP contribution is -2.37. The molecule has 0 spiro atoms. The molecule has 22 heavy (non-hydrogen) atoms. The third kappa shape index (κ3) is 2.87. The van der Waals surface area contributed by atoms with E-state index in [1.165, 1.54) is 18.5 Å². The number of halogens is 1. The number of benzene rings is 1. The molecule has 0 saturated carbocycles. The molecule has 118 valence electrons. The van der Waals surface area contributed by atoms with E-state index in [9.17, 15) is 12.8 Å². The number of aromatic amines is 1. The van der Waals surface area contributed by atoms with E-state index in [-0.39, 0.29) is 4.90 Å². The molecule has 1 aromatic carbocycles. The molecule has 0 radical (unpaired) electrons. The lowest BCUT2D eigenvalue weighted by Gasteiger charge is -2.18. The van der Waals surface area contributed by atoms with Crippen LogP contribution < -0.4 is 4.72 Å². The predicted molar refractivity (Wildman–Crippen MR) is 74.9 cm³/mol. The minimum atomic E-state index is -3.98. The van der Waals surface area contributed by atoms with Gasteiger partial charge in [0, 0.05) is 6.61 Å². The summed E-state index contributed by atoms with van der Waals surface area (Å²) in [4.78, 5) is 3.61. The monoisotopic (exact) mass is 326 g/mol. The highest BCUT2D eigenvalue weighted by atomic mass is 32.2. The summed E-state index contributed by atoms with van der Waals surface area (Å²) in [5, 5.41) is 6.38. The van der Waals surface area contributed by atoms with Crippen LogP contribution in [0.4, 0.5) is 4.39 Å². The zero-order valence-electron chi connectivity index (χ0n) is 11.8. The van der Waals surface area contributed by atoms with E-state index in [1.54, 1.807) is 13.0 Å². The number of aryl methyl sites for hydroxylation is 1. The van der Waals surface area contributed by atoms with Gasteiger partial charge in [0.05, 0.1) is 6.04 Å². The van der Waals surface area contributed by atoms with Gasteiger partial charge >= 0.3 is 0 Å². The van der Waals surface area contributed by atoms with Crippen LogP contribution in [0.5, 0.6) is 0 Å². The van der Waals surface area contributed by atoms with E-state index >= 15 is 0 Å². The number of rotatable bonds is 4. The van der Waals surface area contributed by atoms with Crippen LogP contribution in [0.2, 0.25) is 0 Å². The summed E-state index contributed by atoms with van der Waals surface area (Å²) in [6.07, 6.45) is 1.23. The second-order valence-electron chi connectivity index (χ2n) is 5.11. The van der Waals surface area contributed by atoms with Crippen molar-refractivity contribution in [2.24, 2.45) is 0 Å². The zero-order chi connectivity index (χ0) is 15.7. The van der Waals surface area contributed by atoms with Crippen molar-refractivity contribution in [2.45, 2.75) is 30.4 Å². The van der Waals surface area contributed by atoms with E-state index in [0.717, 1.165) is 0 Å². The largest absolute Gasteiger partial charge is 0.368 e. The van der Waals surface area contributed by atoms with Gasteiger partial charge in [-0.1, -0.05) is 6.07 Å². The van der Waals surface area contributed by atoms with Crippen LogP contribution >= 0.6 is 0 Å². The van der Waals surface area contributed by atoms with Crippen molar-refractivity contribution in [3.05, 3.63) is 41.7 Å². The van der Waals surface area contributed by atoms with Gasteiger partial charge in [0.1, 0.15) is 23.1 Å². The second kappa shape index (κ2) is 5.75. The zero-order valence-corrected chi connectivity index (χ0v) is 12.6. The Labute approximate surface area is 127 Å². The van der Waals surface area contributed by atoms with Crippen LogP contribution in [0.3, 0.4) is 0 Å². The molecule has 9 heteroatoms. The first kappa shape index (κ1) is 15.1. The van der Waals surface area contributed by atoms with Crippen LogP contribution in [0, 0.1) is 12.7 Å². The highest BCUT2D eigenvalue weighted by Gasteiger charge is 2.35. The molecule has 1 aromatic heterocycles. The Bertz CT molecular complexity index is 764. The number of ether oxygens (including phenoxy) is 1. The lowest BCUT2D eigenvalue weighted by atomic mass is 10.1. The molecule has 1 aliphatic heterocycles. The predicted octanol–water partition coefficient (Wildman–Crippen LogP) is 1.06. The van der Waals surface area contributed by atoms with E-state index in [1.807, 2.05) is 0 Å². The van der Waals surface area contributed by atoms with E-state index < -0.39 is 28.0 Å². The number of sulfonamides is 1. The van der Waals surface area contributed by atoms with Gasteiger partial charge < -0.3 is 4.74 Å². The summed E-state index contributed by atoms with van der Waals surface area (Å²) in [6, 6.07) is 3.47. The summed E-state index contributed by atoms with van der Waals surface area (Å²) in [5.74, 6) is -0.336. The summed E-state index contributed by atoms with van der Waals surface area (Å²) in [6.45, 7) is 2.08. The maximum absolute atomic E-state index is 13.9. The molecule has 3 rings (SSSR count). The molecule has 1 saturated heterocycles. The Morgan fingerprint density at radius 3 is 2.95 bits per heavy atom. The van der Waals surface area contributed by atoms with Gasteiger partial charge in [0.2, 0.25) is 10.0 Å². The molecule has 0 aliphatic carbocycles. The fourth-order valence-electron chi connectivity index (χ4n) is 2.42. The normalized spacial score (nSPS) is 22.1. The van der Waals surface area contributed by atoms with Crippen molar-refractivity contribution in [3.63, 3.8) is 0 Å². The molecule has 0 unspecified atom stereocenters. The minimum Gasteiger partial charge on any atom is -0.368 e. The van der Waals surface area contributed by atoms with Crippen molar-refractivity contribution in [1.82, 2.24) is 19.9 Å². The van der Waals surface area contributed by atoms with Gasteiger partial charge in [0.15, 0.2) is 5.82 Å². The van der Waals surface area contributed by atoms with Gasteiger partial charge in [-0.3, -0.25) is 5.10 Å². The van der Waals surface area contributed by atoms with Gasteiger partial charge in [0.25, 0.3) is 0 Å². The maximum Gasteiger partial charge on any atom is 0.243 e. The third-order valence-corrected chi connectivity index (χ3v) is 5.00. The molecule has 2 N–H and O–H groups in total. The molecule has 7 nitrogen and oxygen atoms in total. The number of H-pyrrole nitrogens is 1. The van der Waals surface area contributed by atoms with E-state index in [4.69, 9.17) is 4.74 Å². The maximum atomic E-state index is 13.9. The van der Waals surface area contributed by atoms with Crippen molar-refractivity contribution < 1.29 is 17.5 Å². The second-order valence-corrected chi connectivity index (χ2v) is 6.79. The Kier molecular flexibility index (Phi) is 3.94. The standard InChI is InChI=1S/C13H15FN4O3S/c1-8-2-3-11(9(14)6-8)22(19,20)18-10-4-5-21-12(10)13-15-7-16-17-13/h2-3,6-7,10,12,18H,4-5H2,1H3,(H,15,16,17)/t10-,12+/m0/s1. The number of nitrogens with one attached hydrogen (secondary N) is 2. The van der Waals surface area contributed by atoms with Crippen molar-refractivity contribution in [2.75, 3.05) is 6.61 Å². The first-order valence-corrected chi connectivity index (χ1v) is 8.21. The smallest absolute Gasteiger partial charge is 0.243 e. The molecule has 2 aromatic rings. The quantitative estimate of drug-likeness (QED) is 0.876. The SMILES string of the molecule is Cc1ccc(S(=O)(=O)N[C@H]2CCO[C@H]2c2ncn[nH]2)c(F)c1. The molecule has 2 atom stereocenters. The number of hydrogen-bond donors (Lipinski definition) is 2. The average Bonchev–Trinajstić information content (AvgIpc) is 3.07. The topological polar surface area (TPSA) is 97.0 Å². The van der Waals surface area contributed by atoms with Crippen LogP contribution in [-0.2, 0) is 14.8 Å². The van der Waals surface area contributed by atoms with Crippen molar-refractivity contribution >= 4 is 10.0 Å². The van der Waals surface area contributed by atoms with Gasteiger partial charge in [-0.25, -0.2) is 22.5 Å². The molecule has 0 bridgehead atoms. The highest BCUT2D eigenvalue weighted by molar-refractivity contribution is 7.89. The van der Waals surface area contributed by atoms with Crippen LogP contribution in [0.25, 0.3) is 0 Å². The van der Waals surface area contributed by atoms with Gasteiger partial charge in [-0.2, -0.15) is 5.10 Å². The molecular formula is C13H15FN4O3S. The average molecular weight is 326 g/mol. The Hall–Kier alpha value is -1.84. The molecule has 1 fully saturated rings. The fourth-order valence-corrected chi connectivity index (χ4v) is 3.75. The molecule has 1 aliphatic rings. The van der Waals surface area contributed by atoms with Gasteiger partial charge in [-0.05, 0) is 31.0 Å². The third-order valence-electron chi connectivity index (χ3n) is 3.48. The molecule has 2 heterocycles. The van der Waals surface area contributed by atoms with Crippen LogP contribution in [0.1, 0.15) is 23.9 Å². The van der Waals surface area contributed by atoms with Crippen molar-refractivity contribution in [1.29, 1.82) is 0 Å². The summed E-state index contributed by atoms with van der Waals surface area (Å²) < 4.78 is 46.7. The van der Waals surface area contributed by atoms with E-state index in [0.29, 0.717) is 24.4 Å². The van der Waals surface area contributed by atoms with Crippen molar-refractivity contribution in [3.8, 4) is 0 Å². The minimum absolute atomic E-state index is 0.374. The summed E-state index contributed by atoms with van der Waals surface area (Å²) in [5.41, 5.74) is 0.653. The number of aromatic nitrogens is 3. The Balaban J connectivity index is 1.85. The first-order chi connectivity index (χ1) is 10.5. The number of hydrogen-bond acceptors (Lipinski definition) is 5. The summed E-state index contributed by atoms with van der Waals surface area (Å²) >= 11 is 0. The van der Waals surface area contributed by atoms with Crippen LogP contribution in [0.15, 0.2) is 29.4 Å². The van der Waals surface area contributed by atoms with Gasteiger partial charge in [-0.15, -0.1) is 0 Å². The number of nitrogens with zero attached hydrogens (tertiary/aromatic N) is 2. The van der Waals surface area contributed by atoms with Crippen LogP contribution in [-0.4, -0.2) is 36.2 Å². The Morgan fingerprint density at radius 1 is 1.45 bits per heavy atom. The molecular weight excluding hydrogens is 311 g/mol. The summed E-state index contributed by atoms with van der Waals surface area (Å²) in [7, 11) is -3.98. The lowest BCUT2D eigenvalue weighted by molar-refractivity contribution is 0.0957. The first-order valence-electron chi connectivity index (χ1n) is 6.73. The fraction of sp³-hybridized carbons (Fsp3) is 0.385. The Morgan fingerprint density at radius 2 is 2.27 bits per heavy atom.